The van der Waals surface area contributed by atoms with Gasteiger partial charge >= 0.3 is 0 Å². The van der Waals surface area contributed by atoms with Gasteiger partial charge in [-0.1, -0.05) is 54.4 Å². The van der Waals surface area contributed by atoms with Crippen LogP contribution in [-0.2, 0) is 4.79 Å². The molecule has 0 saturated carbocycles. The van der Waals surface area contributed by atoms with E-state index in [1.807, 2.05) is 42.2 Å². The van der Waals surface area contributed by atoms with Crippen molar-refractivity contribution in [2.45, 2.75) is 44.7 Å². The quantitative estimate of drug-likeness (QED) is 0.512. The summed E-state index contributed by atoms with van der Waals surface area (Å²) >= 11 is 11.4. The molecular weight excluding hydrogens is 424 g/mol. The molecule has 1 amide bonds. The number of allylic oxidation sites excluding steroid dienone is 1. The van der Waals surface area contributed by atoms with Crippen LogP contribution in [0.15, 0.2) is 61.2 Å². The lowest BCUT2D eigenvalue weighted by Gasteiger charge is -2.43. The third-order valence-corrected chi connectivity index (χ3v) is 5.78. The van der Waals surface area contributed by atoms with Crippen LogP contribution >= 0.6 is 23.2 Å². The summed E-state index contributed by atoms with van der Waals surface area (Å²) in [6.45, 7) is 5.75. The molecule has 0 bridgehead atoms. The molecule has 1 N–H and O–H groups in total. The van der Waals surface area contributed by atoms with Gasteiger partial charge < -0.3 is 10.0 Å². The lowest BCUT2D eigenvalue weighted by molar-refractivity contribution is -0.146. The minimum absolute atomic E-state index is 0.00681. The van der Waals surface area contributed by atoms with E-state index < -0.39 is 0 Å². The van der Waals surface area contributed by atoms with E-state index in [4.69, 9.17) is 23.2 Å². The summed E-state index contributed by atoms with van der Waals surface area (Å²) in [5, 5.41) is 10.8. The minimum Gasteiger partial charge on any atom is -0.394 e. The Bertz CT molecular complexity index is 807. The zero-order valence-electron chi connectivity index (χ0n) is 17.1. The molecule has 1 aliphatic rings. The van der Waals surface area contributed by atoms with Gasteiger partial charge in [0.05, 0.1) is 18.7 Å². The number of aliphatic hydroxyl groups excluding tert-OH is 1. The molecule has 3 rings (SSSR count). The Hall–Kier alpha value is -1.88. The van der Waals surface area contributed by atoms with Crippen LogP contribution in [0.1, 0.15) is 44.2 Å². The van der Waals surface area contributed by atoms with Crippen molar-refractivity contribution in [3.8, 4) is 0 Å². The van der Waals surface area contributed by atoms with E-state index in [9.17, 15) is 14.3 Å². The van der Waals surface area contributed by atoms with Crippen LogP contribution in [0.2, 0.25) is 10.0 Å². The molecule has 1 saturated heterocycles. The fourth-order valence-corrected chi connectivity index (χ4v) is 4.03. The van der Waals surface area contributed by atoms with Gasteiger partial charge in [0.15, 0.2) is 0 Å². The first-order valence-corrected chi connectivity index (χ1v) is 10.9. The predicted molar refractivity (Wildman–Crippen MR) is 121 cm³/mol. The maximum absolute atomic E-state index is 12.9. The van der Waals surface area contributed by atoms with Crippen LogP contribution in [0.4, 0.5) is 4.39 Å². The lowest BCUT2D eigenvalue weighted by atomic mass is 9.85. The molecule has 1 fully saturated rings. The summed E-state index contributed by atoms with van der Waals surface area (Å²) in [6.07, 6.45) is 5.01. The van der Waals surface area contributed by atoms with Gasteiger partial charge in [0.25, 0.3) is 0 Å². The number of hydrogen-bond donors (Lipinski definition) is 1. The second-order valence-electron chi connectivity index (χ2n) is 7.30. The Morgan fingerprint density at radius 1 is 1.20 bits per heavy atom. The molecule has 162 valence electrons. The van der Waals surface area contributed by atoms with E-state index in [1.165, 1.54) is 12.1 Å². The highest BCUT2D eigenvalue weighted by Crippen LogP contribution is 2.37. The molecule has 30 heavy (non-hydrogen) atoms. The SMILES string of the molecule is C=CCC1CCC(c2ccc(Cl)cc2)N(C(CC)CO)C1=O.Fc1cccc(Cl)c1. The van der Waals surface area contributed by atoms with Crippen molar-refractivity contribution in [3.63, 3.8) is 0 Å². The minimum atomic E-state index is -0.294. The number of piperidine rings is 1. The third-order valence-electron chi connectivity index (χ3n) is 5.30. The van der Waals surface area contributed by atoms with Gasteiger partial charge in [-0.2, -0.15) is 0 Å². The number of halogens is 3. The Kier molecular flexibility index (Phi) is 9.83. The zero-order valence-corrected chi connectivity index (χ0v) is 18.6. The third kappa shape index (κ3) is 6.56. The van der Waals surface area contributed by atoms with Crippen molar-refractivity contribution >= 4 is 29.1 Å². The van der Waals surface area contributed by atoms with Gasteiger partial charge in [0, 0.05) is 16.0 Å². The first-order valence-electron chi connectivity index (χ1n) is 10.1. The van der Waals surface area contributed by atoms with Gasteiger partial charge in [-0.3, -0.25) is 4.79 Å². The molecular formula is C24H28Cl2FNO2. The first kappa shape index (κ1) is 24.4. The Morgan fingerprint density at radius 3 is 2.40 bits per heavy atom. The lowest BCUT2D eigenvalue weighted by Crippen LogP contribution is -2.50. The number of amides is 1. The monoisotopic (exact) mass is 451 g/mol. The standard InChI is InChI=1S/C18H24ClNO2.C6H4ClF/c1-3-5-14-8-11-17(13-6-9-15(19)10-7-13)20(18(14)22)16(4-2)12-21;7-5-2-1-3-6(8)4-5/h3,6-7,9-10,14,16-17,21H,1,4-5,8,11-12H2,2H3;1-4H. The number of carbonyl (C=O) groups is 1. The zero-order chi connectivity index (χ0) is 22.1. The molecule has 0 aliphatic carbocycles. The molecule has 0 spiro atoms. The normalized spacial score (nSPS) is 19.6. The average Bonchev–Trinajstić information content (AvgIpc) is 2.73. The number of aliphatic hydroxyl groups is 1. The van der Waals surface area contributed by atoms with E-state index in [0.717, 1.165) is 24.8 Å². The first-order chi connectivity index (χ1) is 14.4. The summed E-state index contributed by atoms with van der Waals surface area (Å²) in [6, 6.07) is 13.4. The average molecular weight is 452 g/mol. The van der Waals surface area contributed by atoms with Crippen LogP contribution in [0, 0.1) is 11.7 Å². The number of nitrogens with zero attached hydrogens (tertiary/aromatic N) is 1. The number of carbonyl (C=O) groups excluding carboxylic acids is 1. The summed E-state index contributed by atoms with van der Waals surface area (Å²) in [5.41, 5.74) is 1.08. The van der Waals surface area contributed by atoms with Gasteiger partial charge in [0.1, 0.15) is 5.82 Å². The maximum Gasteiger partial charge on any atom is 0.226 e. The van der Waals surface area contributed by atoms with E-state index in [-0.39, 0.29) is 36.3 Å². The fraction of sp³-hybridized carbons (Fsp3) is 0.375. The Morgan fingerprint density at radius 2 is 1.90 bits per heavy atom. The van der Waals surface area contributed by atoms with Crippen molar-refractivity contribution in [1.82, 2.24) is 4.90 Å². The van der Waals surface area contributed by atoms with E-state index in [2.05, 4.69) is 6.58 Å². The van der Waals surface area contributed by atoms with Crippen LogP contribution in [0.25, 0.3) is 0 Å². The van der Waals surface area contributed by atoms with E-state index in [1.54, 1.807) is 12.1 Å². The second-order valence-corrected chi connectivity index (χ2v) is 8.17. The highest BCUT2D eigenvalue weighted by molar-refractivity contribution is 6.30. The molecule has 3 atom stereocenters. The summed E-state index contributed by atoms with van der Waals surface area (Å²) in [5.74, 6) is -0.175. The molecule has 3 nitrogen and oxygen atoms in total. The summed E-state index contributed by atoms with van der Waals surface area (Å²) in [4.78, 5) is 14.8. The van der Waals surface area contributed by atoms with Crippen molar-refractivity contribution in [3.05, 3.63) is 82.6 Å². The maximum atomic E-state index is 12.9. The van der Waals surface area contributed by atoms with Crippen molar-refractivity contribution < 1.29 is 14.3 Å². The van der Waals surface area contributed by atoms with Gasteiger partial charge in [-0.25, -0.2) is 4.39 Å². The highest BCUT2D eigenvalue weighted by Gasteiger charge is 2.38. The number of likely N-dealkylation sites (tertiary alicyclic amines) is 1. The van der Waals surface area contributed by atoms with Crippen molar-refractivity contribution in [1.29, 1.82) is 0 Å². The second kappa shape index (κ2) is 12.1. The van der Waals surface area contributed by atoms with Crippen molar-refractivity contribution in [2.24, 2.45) is 5.92 Å². The van der Waals surface area contributed by atoms with E-state index >= 15 is 0 Å². The van der Waals surface area contributed by atoms with Crippen LogP contribution in [-0.4, -0.2) is 28.6 Å². The fourth-order valence-electron chi connectivity index (χ4n) is 3.73. The molecule has 2 aromatic carbocycles. The van der Waals surface area contributed by atoms with Crippen LogP contribution in [0.3, 0.4) is 0 Å². The van der Waals surface area contributed by atoms with Gasteiger partial charge in [0.2, 0.25) is 5.91 Å². The smallest absolute Gasteiger partial charge is 0.226 e. The molecule has 1 heterocycles. The van der Waals surface area contributed by atoms with E-state index in [0.29, 0.717) is 16.5 Å². The van der Waals surface area contributed by atoms with Crippen molar-refractivity contribution in [2.75, 3.05) is 6.61 Å². The summed E-state index contributed by atoms with van der Waals surface area (Å²) < 4.78 is 12.1. The number of benzene rings is 2. The van der Waals surface area contributed by atoms with Gasteiger partial charge in [-0.05, 0) is 61.6 Å². The van der Waals surface area contributed by atoms with Crippen LogP contribution < -0.4 is 0 Å². The molecule has 3 unspecified atom stereocenters. The largest absolute Gasteiger partial charge is 0.394 e. The Labute approximate surface area is 188 Å². The number of rotatable bonds is 6. The predicted octanol–water partition coefficient (Wildman–Crippen LogP) is 6.45. The van der Waals surface area contributed by atoms with Gasteiger partial charge in [-0.15, -0.1) is 6.58 Å². The molecule has 0 aromatic heterocycles. The summed E-state index contributed by atoms with van der Waals surface area (Å²) in [7, 11) is 0. The van der Waals surface area contributed by atoms with Crippen LogP contribution in [0.5, 0.6) is 0 Å². The highest BCUT2D eigenvalue weighted by atomic mass is 35.5. The molecule has 0 radical (unpaired) electrons. The molecule has 6 heteroatoms. The number of hydrogen-bond acceptors (Lipinski definition) is 2. The molecule has 2 aromatic rings. The Balaban J connectivity index is 0.000000335. The topological polar surface area (TPSA) is 40.5 Å². The molecule has 1 aliphatic heterocycles.